The minimum Gasteiger partial charge on any atom is -0.368 e. The molecule has 0 spiro atoms. The molecule has 1 aromatic heterocycles. The molecule has 0 bridgehead atoms. The van der Waals surface area contributed by atoms with Crippen molar-refractivity contribution < 1.29 is 4.79 Å². The van der Waals surface area contributed by atoms with Gasteiger partial charge in [0, 0.05) is 31.9 Å². The van der Waals surface area contributed by atoms with Crippen molar-refractivity contribution in [1.29, 1.82) is 0 Å². The number of nitrogens with zero attached hydrogens (tertiary/aromatic N) is 3. The van der Waals surface area contributed by atoms with Gasteiger partial charge in [0.25, 0.3) is 11.5 Å². The van der Waals surface area contributed by atoms with Gasteiger partial charge in [0.2, 0.25) is 0 Å². The van der Waals surface area contributed by atoms with E-state index in [0.29, 0.717) is 24.6 Å². The third kappa shape index (κ3) is 3.18. The number of hydrogen-bond acceptors (Lipinski definition) is 4. The topological polar surface area (TPSA) is 69.3 Å². The van der Waals surface area contributed by atoms with Crippen LogP contribution in [0.25, 0.3) is 0 Å². The fraction of sp³-hybridized carbons (Fsp3) is 0.389. The Morgan fingerprint density at radius 3 is 2.46 bits per heavy atom. The Morgan fingerprint density at radius 1 is 1.12 bits per heavy atom. The lowest BCUT2D eigenvalue weighted by atomic mass is 10.1. The second-order valence-electron chi connectivity index (χ2n) is 6.23. The summed E-state index contributed by atoms with van der Waals surface area (Å²) in [4.78, 5) is 35.6. The summed E-state index contributed by atoms with van der Waals surface area (Å²) < 4.78 is 0. The number of rotatable bonds is 2. The van der Waals surface area contributed by atoms with Crippen molar-refractivity contribution in [3.05, 3.63) is 57.3 Å². The Bertz CT molecular complexity index is 820. The van der Waals surface area contributed by atoms with Gasteiger partial charge in [-0.1, -0.05) is 12.1 Å². The highest BCUT2D eigenvalue weighted by atomic mass is 16.2. The van der Waals surface area contributed by atoms with Crippen molar-refractivity contribution in [2.45, 2.75) is 20.8 Å². The molecule has 1 aliphatic heterocycles. The number of carbonyl (C=O) groups is 1. The Balaban J connectivity index is 1.73. The molecular weight excluding hydrogens is 304 g/mol. The normalized spacial score (nSPS) is 14.8. The number of aryl methyl sites for hydroxylation is 3. The molecular formula is C18H22N4O2. The first-order valence-electron chi connectivity index (χ1n) is 8.14. The van der Waals surface area contributed by atoms with E-state index in [9.17, 15) is 9.59 Å². The fourth-order valence-electron chi connectivity index (χ4n) is 3.13. The van der Waals surface area contributed by atoms with Gasteiger partial charge >= 0.3 is 0 Å². The Labute approximate surface area is 141 Å². The lowest BCUT2D eigenvalue weighted by molar-refractivity contribution is 0.0743. The van der Waals surface area contributed by atoms with E-state index in [0.717, 1.165) is 13.1 Å². The van der Waals surface area contributed by atoms with Crippen LogP contribution >= 0.6 is 0 Å². The van der Waals surface area contributed by atoms with Crippen molar-refractivity contribution in [3.63, 3.8) is 0 Å². The quantitative estimate of drug-likeness (QED) is 0.911. The van der Waals surface area contributed by atoms with Crippen LogP contribution in [0.5, 0.6) is 0 Å². The van der Waals surface area contributed by atoms with Crippen LogP contribution in [0, 0.1) is 20.8 Å². The highest BCUT2D eigenvalue weighted by molar-refractivity contribution is 5.95. The highest BCUT2D eigenvalue weighted by Gasteiger charge is 2.26. The number of hydrogen-bond donors (Lipinski definition) is 1. The molecule has 1 N–H and O–H groups in total. The monoisotopic (exact) mass is 326 g/mol. The standard InChI is InChI=1S/C18H22N4O2/c1-12-5-4-6-15(11-12)21-7-9-22(10-8-21)18(24)16-13(2)19-14(3)20-17(16)23/h4-6,11H,7-10H2,1-3H3,(H,19,20,23). The maximum atomic E-state index is 12.7. The fourth-order valence-corrected chi connectivity index (χ4v) is 3.13. The molecule has 126 valence electrons. The second-order valence-corrected chi connectivity index (χ2v) is 6.23. The molecule has 1 fully saturated rings. The van der Waals surface area contributed by atoms with Crippen molar-refractivity contribution >= 4 is 11.6 Å². The minimum absolute atomic E-state index is 0.157. The summed E-state index contributed by atoms with van der Waals surface area (Å²) in [6.45, 7) is 8.19. The number of H-pyrrole nitrogens is 1. The summed E-state index contributed by atoms with van der Waals surface area (Å²) in [5.74, 6) is 0.295. The smallest absolute Gasteiger partial charge is 0.264 e. The number of carbonyl (C=O) groups excluding carboxylic acids is 1. The number of piperazine rings is 1. The van der Waals surface area contributed by atoms with E-state index < -0.39 is 0 Å². The van der Waals surface area contributed by atoms with E-state index in [1.807, 2.05) is 6.07 Å². The molecule has 0 radical (unpaired) electrons. The van der Waals surface area contributed by atoms with Crippen LogP contribution in [0.4, 0.5) is 5.69 Å². The van der Waals surface area contributed by atoms with Gasteiger partial charge in [0.15, 0.2) is 0 Å². The molecule has 0 saturated carbocycles. The first-order valence-corrected chi connectivity index (χ1v) is 8.14. The molecule has 3 rings (SSSR count). The molecule has 2 heterocycles. The zero-order valence-corrected chi connectivity index (χ0v) is 14.3. The van der Waals surface area contributed by atoms with E-state index in [-0.39, 0.29) is 17.0 Å². The van der Waals surface area contributed by atoms with Gasteiger partial charge in [-0.25, -0.2) is 4.98 Å². The molecule has 0 atom stereocenters. The zero-order valence-electron chi connectivity index (χ0n) is 14.3. The molecule has 6 nitrogen and oxygen atoms in total. The molecule has 24 heavy (non-hydrogen) atoms. The minimum atomic E-state index is -0.355. The van der Waals surface area contributed by atoms with Crippen molar-refractivity contribution in [2.75, 3.05) is 31.1 Å². The Hall–Kier alpha value is -2.63. The molecule has 6 heteroatoms. The third-order valence-corrected chi connectivity index (χ3v) is 4.37. The first kappa shape index (κ1) is 16.2. The number of aromatic nitrogens is 2. The predicted octanol–water partition coefficient (Wildman–Crippen LogP) is 1.66. The van der Waals surface area contributed by atoms with Gasteiger partial charge in [0.05, 0.1) is 5.69 Å². The van der Waals surface area contributed by atoms with Crippen LogP contribution in [0.2, 0.25) is 0 Å². The zero-order chi connectivity index (χ0) is 17.3. The summed E-state index contributed by atoms with van der Waals surface area (Å²) in [6.07, 6.45) is 0. The van der Waals surface area contributed by atoms with Crippen molar-refractivity contribution in [2.24, 2.45) is 0 Å². The van der Waals surface area contributed by atoms with Crippen LogP contribution in [0.1, 0.15) is 27.4 Å². The SMILES string of the molecule is Cc1cccc(N2CCN(C(=O)c3c(C)nc(C)[nH]c3=O)CC2)c1. The maximum absolute atomic E-state index is 12.7. The molecule has 0 aliphatic carbocycles. The van der Waals surface area contributed by atoms with Crippen LogP contribution in [0.15, 0.2) is 29.1 Å². The molecule has 1 aliphatic rings. The predicted molar refractivity (Wildman–Crippen MR) is 93.6 cm³/mol. The van der Waals surface area contributed by atoms with Crippen LogP contribution in [0.3, 0.4) is 0 Å². The molecule has 1 amide bonds. The van der Waals surface area contributed by atoms with Gasteiger partial charge in [0.1, 0.15) is 11.4 Å². The molecule has 1 aromatic carbocycles. The van der Waals surface area contributed by atoms with Crippen LogP contribution < -0.4 is 10.5 Å². The molecule has 1 saturated heterocycles. The van der Waals surface area contributed by atoms with E-state index in [2.05, 4.69) is 40.0 Å². The largest absolute Gasteiger partial charge is 0.368 e. The van der Waals surface area contributed by atoms with Crippen LogP contribution in [-0.4, -0.2) is 47.0 Å². The van der Waals surface area contributed by atoms with Gasteiger partial charge in [-0.2, -0.15) is 0 Å². The van der Waals surface area contributed by atoms with E-state index >= 15 is 0 Å². The summed E-state index contributed by atoms with van der Waals surface area (Å²) in [7, 11) is 0. The summed E-state index contributed by atoms with van der Waals surface area (Å²) in [5.41, 5.74) is 2.69. The molecule has 0 unspecified atom stereocenters. The van der Waals surface area contributed by atoms with E-state index in [1.54, 1.807) is 18.7 Å². The van der Waals surface area contributed by atoms with Crippen molar-refractivity contribution in [3.8, 4) is 0 Å². The van der Waals surface area contributed by atoms with Crippen molar-refractivity contribution in [1.82, 2.24) is 14.9 Å². The number of benzene rings is 1. The first-order chi connectivity index (χ1) is 11.5. The highest BCUT2D eigenvalue weighted by Crippen LogP contribution is 2.18. The summed E-state index contributed by atoms with van der Waals surface area (Å²) in [5, 5.41) is 0. The van der Waals surface area contributed by atoms with Gasteiger partial charge in [-0.05, 0) is 38.5 Å². The Kier molecular flexibility index (Phi) is 4.38. The van der Waals surface area contributed by atoms with E-state index in [1.165, 1.54) is 11.3 Å². The number of aromatic amines is 1. The van der Waals surface area contributed by atoms with Gasteiger partial charge in [-0.3, -0.25) is 9.59 Å². The summed E-state index contributed by atoms with van der Waals surface area (Å²) >= 11 is 0. The third-order valence-electron chi connectivity index (χ3n) is 4.37. The summed E-state index contributed by atoms with van der Waals surface area (Å²) in [6, 6.07) is 8.35. The lowest BCUT2D eigenvalue weighted by Gasteiger charge is -2.36. The van der Waals surface area contributed by atoms with Crippen LogP contribution in [-0.2, 0) is 0 Å². The number of amides is 1. The number of anilines is 1. The Morgan fingerprint density at radius 2 is 1.83 bits per heavy atom. The van der Waals surface area contributed by atoms with Gasteiger partial charge in [-0.15, -0.1) is 0 Å². The van der Waals surface area contributed by atoms with E-state index in [4.69, 9.17) is 0 Å². The number of nitrogens with one attached hydrogen (secondary N) is 1. The average Bonchev–Trinajstić information content (AvgIpc) is 2.54. The van der Waals surface area contributed by atoms with Gasteiger partial charge < -0.3 is 14.8 Å². The average molecular weight is 326 g/mol. The molecule has 2 aromatic rings. The lowest BCUT2D eigenvalue weighted by Crippen LogP contribution is -2.50. The second kappa shape index (κ2) is 6.47. The maximum Gasteiger partial charge on any atom is 0.264 e.